The van der Waals surface area contributed by atoms with Crippen molar-refractivity contribution in [1.82, 2.24) is 5.01 Å². The number of carboxylic acid groups (broad SMARTS) is 1. The van der Waals surface area contributed by atoms with Crippen LogP contribution in [0.1, 0.15) is 53.5 Å². The van der Waals surface area contributed by atoms with E-state index >= 15 is 0 Å². The summed E-state index contributed by atoms with van der Waals surface area (Å²) in [5.74, 6) is 3.89. The monoisotopic (exact) mass is 292 g/mol. The lowest BCUT2D eigenvalue weighted by atomic mass is 9.98. The first kappa shape index (κ1) is 17.0. The second-order valence-electron chi connectivity index (χ2n) is 5.07. The highest BCUT2D eigenvalue weighted by atomic mass is 16.4. The molecule has 116 valence electrons. The predicted octanol–water partition coefficient (Wildman–Crippen LogP) is 0.769. The molecule has 0 aromatic heterocycles. The maximum atomic E-state index is 12.2. The van der Waals surface area contributed by atoms with E-state index in [0.717, 1.165) is 11.4 Å². The van der Waals surface area contributed by atoms with Gasteiger partial charge in [-0.1, -0.05) is 13.8 Å². The molecule has 0 aliphatic heterocycles. The molecule has 0 aliphatic carbocycles. The number of aryl methyl sites for hydroxylation is 1. The predicted molar refractivity (Wildman–Crippen MR) is 79.8 cm³/mol. The van der Waals surface area contributed by atoms with Crippen molar-refractivity contribution in [3.63, 3.8) is 0 Å². The highest BCUT2D eigenvalue weighted by molar-refractivity contribution is 6.01. The van der Waals surface area contributed by atoms with E-state index in [9.17, 15) is 14.7 Å². The molecule has 1 aromatic carbocycles. The largest absolute Gasteiger partial charge is 0.545 e. The van der Waals surface area contributed by atoms with E-state index < -0.39 is 5.97 Å². The average molecular weight is 292 g/mol. The number of carbonyl (C=O) groups excluding carboxylic acids is 2. The molecule has 0 spiro atoms. The molecular weight excluding hydrogens is 270 g/mol. The Morgan fingerprint density at radius 3 is 2.38 bits per heavy atom. The van der Waals surface area contributed by atoms with Crippen LogP contribution in [0.3, 0.4) is 0 Å². The highest BCUT2D eigenvalue weighted by Crippen LogP contribution is 2.24. The molecule has 1 atom stereocenters. The molecule has 0 bridgehead atoms. The second-order valence-corrected chi connectivity index (χ2v) is 5.07. The first-order valence-corrected chi connectivity index (χ1v) is 6.99. The maximum Gasteiger partial charge on any atom is 0.269 e. The third-order valence-corrected chi connectivity index (χ3v) is 3.41. The van der Waals surface area contributed by atoms with E-state index in [0.29, 0.717) is 23.2 Å². The number of anilines is 1. The molecule has 0 heterocycles. The van der Waals surface area contributed by atoms with E-state index in [1.54, 1.807) is 6.07 Å². The minimum atomic E-state index is -1.25. The number of amides is 1. The van der Waals surface area contributed by atoms with Gasteiger partial charge in [0.25, 0.3) is 5.91 Å². The Morgan fingerprint density at radius 2 is 1.95 bits per heavy atom. The molecule has 21 heavy (non-hydrogen) atoms. The van der Waals surface area contributed by atoms with Crippen LogP contribution in [-0.4, -0.2) is 30.0 Å². The van der Waals surface area contributed by atoms with Crippen molar-refractivity contribution in [2.45, 2.75) is 39.7 Å². The molecule has 1 aromatic rings. The molecule has 3 N–H and O–H groups in total. The Hall–Kier alpha value is -2.08. The van der Waals surface area contributed by atoms with E-state index in [1.165, 1.54) is 13.1 Å². The van der Waals surface area contributed by atoms with Gasteiger partial charge in [-0.05, 0) is 37.5 Å². The Labute approximate surface area is 124 Å². The summed E-state index contributed by atoms with van der Waals surface area (Å²) in [6.07, 6.45) is 1.32. The lowest BCUT2D eigenvalue weighted by molar-refractivity contribution is -0.255. The van der Waals surface area contributed by atoms with Crippen LogP contribution in [0.5, 0.6) is 0 Å². The topological polar surface area (TPSA) is 98.5 Å². The third-order valence-electron chi connectivity index (χ3n) is 3.41. The Morgan fingerprint density at radius 1 is 1.33 bits per heavy atom. The molecule has 6 nitrogen and oxygen atoms in total. The van der Waals surface area contributed by atoms with Gasteiger partial charge in [0.1, 0.15) is 0 Å². The van der Waals surface area contributed by atoms with Gasteiger partial charge in [0.15, 0.2) is 0 Å². The first-order chi connectivity index (χ1) is 9.81. The van der Waals surface area contributed by atoms with Gasteiger partial charge in [0, 0.05) is 24.3 Å². The molecule has 0 saturated carbocycles. The number of hydrogen-bond donors (Lipinski definition) is 2. The summed E-state index contributed by atoms with van der Waals surface area (Å²) in [5.41, 5.74) is 1.47. The van der Waals surface area contributed by atoms with Crippen LogP contribution < -0.4 is 16.3 Å². The second kappa shape index (κ2) is 7.08. The summed E-state index contributed by atoms with van der Waals surface area (Å²) >= 11 is 0. The highest BCUT2D eigenvalue weighted by Gasteiger charge is 2.18. The van der Waals surface area contributed by atoms with Gasteiger partial charge in [0.2, 0.25) is 0 Å². The number of nitrogens with one attached hydrogen (secondary N) is 1. The van der Waals surface area contributed by atoms with Crippen molar-refractivity contribution >= 4 is 17.6 Å². The number of hydrazine groups is 1. The number of rotatable bonds is 6. The zero-order valence-electron chi connectivity index (χ0n) is 12.9. The Bertz CT molecular complexity index is 541. The van der Waals surface area contributed by atoms with Gasteiger partial charge in [0.05, 0.1) is 11.5 Å². The molecular formula is C15H22N3O3-. The minimum Gasteiger partial charge on any atom is -0.545 e. The van der Waals surface area contributed by atoms with Gasteiger partial charge in [-0.3, -0.25) is 9.80 Å². The summed E-state index contributed by atoms with van der Waals surface area (Å²) in [5, 5.41) is 15.4. The van der Waals surface area contributed by atoms with Gasteiger partial charge < -0.3 is 15.2 Å². The van der Waals surface area contributed by atoms with Crippen LogP contribution in [0.2, 0.25) is 0 Å². The van der Waals surface area contributed by atoms with Crippen molar-refractivity contribution in [3.05, 3.63) is 28.8 Å². The lowest BCUT2D eigenvalue weighted by Gasteiger charge is -2.21. The number of hydrogen-bond acceptors (Lipinski definition) is 5. The Kier molecular flexibility index (Phi) is 5.72. The zero-order valence-corrected chi connectivity index (χ0v) is 12.9. The van der Waals surface area contributed by atoms with E-state index in [2.05, 4.69) is 5.32 Å². The number of nitrogens with two attached hydrogens (primary N) is 1. The molecule has 1 rings (SSSR count). The van der Waals surface area contributed by atoms with Gasteiger partial charge in [-0.2, -0.15) is 0 Å². The quantitative estimate of drug-likeness (QED) is 0.458. The molecule has 0 unspecified atom stereocenters. The summed E-state index contributed by atoms with van der Waals surface area (Å²) in [7, 11) is 1.45. The fourth-order valence-corrected chi connectivity index (χ4v) is 1.98. The van der Waals surface area contributed by atoms with Crippen molar-refractivity contribution in [1.29, 1.82) is 0 Å². The van der Waals surface area contributed by atoms with E-state index in [1.807, 2.05) is 20.8 Å². The van der Waals surface area contributed by atoms with Crippen molar-refractivity contribution in [3.8, 4) is 0 Å². The van der Waals surface area contributed by atoms with Crippen LogP contribution in [-0.2, 0) is 6.42 Å². The van der Waals surface area contributed by atoms with Crippen LogP contribution >= 0.6 is 0 Å². The maximum absolute atomic E-state index is 12.2. The number of benzene rings is 1. The number of aromatic carboxylic acids is 1. The molecule has 0 aliphatic rings. The van der Waals surface area contributed by atoms with Gasteiger partial charge in [-0.25, -0.2) is 5.84 Å². The SMILES string of the molecule is CCc1cc(C(=O)N(C)N)c(N[C@H](C)CC)cc1C(=O)[O-]. The van der Waals surface area contributed by atoms with Crippen molar-refractivity contribution < 1.29 is 14.7 Å². The zero-order chi connectivity index (χ0) is 16.2. The summed E-state index contributed by atoms with van der Waals surface area (Å²) in [6, 6.07) is 3.13. The summed E-state index contributed by atoms with van der Waals surface area (Å²) in [4.78, 5) is 23.4. The van der Waals surface area contributed by atoms with E-state index in [-0.39, 0.29) is 17.5 Å². The van der Waals surface area contributed by atoms with Crippen LogP contribution in [0.25, 0.3) is 0 Å². The summed E-state index contributed by atoms with van der Waals surface area (Å²) < 4.78 is 0. The Balaban J connectivity index is 3.44. The normalized spacial score (nSPS) is 11.9. The molecule has 6 heteroatoms. The number of carbonyl (C=O) groups is 2. The average Bonchev–Trinajstić information content (AvgIpc) is 2.45. The fraction of sp³-hybridized carbons (Fsp3) is 0.467. The van der Waals surface area contributed by atoms with Crippen molar-refractivity contribution in [2.75, 3.05) is 12.4 Å². The molecule has 0 saturated heterocycles. The molecule has 0 radical (unpaired) electrons. The third kappa shape index (κ3) is 3.95. The first-order valence-electron chi connectivity index (χ1n) is 6.99. The van der Waals surface area contributed by atoms with Crippen LogP contribution in [0, 0.1) is 0 Å². The number of nitrogens with zero attached hydrogens (tertiary/aromatic N) is 1. The standard InChI is InChI=1S/C15H23N3O3/c1-5-9(3)17-13-8-11(15(20)21)10(6-2)7-12(13)14(19)18(4)16/h7-9,17H,5-6,16H2,1-4H3,(H,20,21)/p-1/t9-/m1/s1. The van der Waals surface area contributed by atoms with Crippen LogP contribution in [0.4, 0.5) is 5.69 Å². The molecule has 1 amide bonds. The van der Waals surface area contributed by atoms with Gasteiger partial charge >= 0.3 is 0 Å². The minimum absolute atomic E-state index is 0.0968. The van der Waals surface area contributed by atoms with E-state index in [4.69, 9.17) is 5.84 Å². The lowest BCUT2D eigenvalue weighted by Crippen LogP contribution is -2.34. The van der Waals surface area contributed by atoms with Crippen molar-refractivity contribution in [2.24, 2.45) is 5.84 Å². The smallest absolute Gasteiger partial charge is 0.269 e. The fourth-order valence-electron chi connectivity index (χ4n) is 1.98. The molecule has 0 fully saturated rings. The van der Waals surface area contributed by atoms with Gasteiger partial charge in [-0.15, -0.1) is 0 Å². The van der Waals surface area contributed by atoms with Crippen LogP contribution in [0.15, 0.2) is 12.1 Å². The number of carboxylic acids is 1. The summed E-state index contributed by atoms with van der Waals surface area (Å²) in [6.45, 7) is 5.77.